The number of methoxy groups -OCH3 is 1. The number of ether oxygens (including phenoxy) is 1. The highest BCUT2D eigenvalue weighted by molar-refractivity contribution is 9.09. The largest absolute Gasteiger partial charge is 0.389 e. The summed E-state index contributed by atoms with van der Waals surface area (Å²) in [6, 6.07) is -0.245. The predicted octanol–water partition coefficient (Wildman–Crippen LogP) is 2.25. The normalized spacial score (nSPS) is 13.6. The average molecular weight is 306 g/mol. The Bertz CT molecular complexity index is 205. The van der Waals surface area contributed by atoms with Gasteiger partial charge < -0.3 is 10.1 Å². The summed E-state index contributed by atoms with van der Waals surface area (Å²) in [5.41, 5.74) is 0. The van der Waals surface area contributed by atoms with Crippen molar-refractivity contribution in [2.24, 2.45) is 0 Å². The number of halogens is 4. The van der Waals surface area contributed by atoms with E-state index in [1.807, 2.05) is 0 Å². The van der Waals surface area contributed by atoms with Gasteiger partial charge in [-0.05, 0) is 6.42 Å². The van der Waals surface area contributed by atoms with E-state index in [1.165, 1.54) is 7.11 Å². The average Bonchev–Trinajstić information content (AvgIpc) is 2.14. The van der Waals surface area contributed by atoms with Crippen LogP contribution in [0.15, 0.2) is 0 Å². The fraction of sp³-hybridized carbons (Fsp3) is 0.889. The lowest BCUT2D eigenvalue weighted by molar-refractivity contribution is -0.144. The Morgan fingerprint density at radius 1 is 1.50 bits per heavy atom. The molecule has 0 radical (unpaired) electrons. The van der Waals surface area contributed by atoms with E-state index in [0.717, 1.165) is 0 Å². The van der Waals surface area contributed by atoms with Gasteiger partial charge in [-0.15, -0.1) is 0 Å². The minimum atomic E-state index is -4.29. The molecule has 0 bridgehead atoms. The molecular weight excluding hydrogens is 291 g/mol. The van der Waals surface area contributed by atoms with Crippen molar-refractivity contribution in [2.75, 3.05) is 19.0 Å². The summed E-state index contributed by atoms with van der Waals surface area (Å²) < 4.78 is 40.4. The minimum absolute atomic E-state index is 0.245. The first kappa shape index (κ1) is 15.7. The van der Waals surface area contributed by atoms with Gasteiger partial charge in [0, 0.05) is 18.9 Å². The van der Waals surface area contributed by atoms with Crippen molar-refractivity contribution in [1.82, 2.24) is 5.32 Å². The molecule has 16 heavy (non-hydrogen) atoms. The Hall–Kier alpha value is -0.300. The molecular formula is C9H15BrF3NO2. The quantitative estimate of drug-likeness (QED) is 0.733. The number of carbonyl (C=O) groups excluding carboxylic acids is 1. The van der Waals surface area contributed by atoms with E-state index >= 15 is 0 Å². The van der Waals surface area contributed by atoms with Crippen molar-refractivity contribution >= 4 is 21.8 Å². The number of hydrogen-bond donors (Lipinski definition) is 1. The number of nitrogens with one attached hydrogen (secondary N) is 1. The molecule has 1 N–H and O–H groups in total. The van der Waals surface area contributed by atoms with Crippen LogP contribution in [0.3, 0.4) is 0 Å². The minimum Gasteiger partial charge on any atom is -0.383 e. The summed E-state index contributed by atoms with van der Waals surface area (Å²) in [4.78, 5) is 11.2. The number of alkyl halides is 4. The van der Waals surface area contributed by atoms with Crippen LogP contribution in [0.4, 0.5) is 13.2 Å². The van der Waals surface area contributed by atoms with Crippen LogP contribution >= 0.6 is 15.9 Å². The molecule has 1 atom stereocenters. The third kappa shape index (κ3) is 8.96. The second-order valence-electron chi connectivity index (χ2n) is 3.31. The SMILES string of the molecule is COCC(CCBr)NC(=O)CCC(F)(F)F. The Kier molecular flexibility index (Phi) is 7.74. The van der Waals surface area contributed by atoms with Crippen LogP contribution in [-0.2, 0) is 9.53 Å². The molecule has 3 nitrogen and oxygen atoms in total. The molecule has 0 aromatic heterocycles. The van der Waals surface area contributed by atoms with Gasteiger partial charge in [0.25, 0.3) is 0 Å². The highest BCUT2D eigenvalue weighted by Crippen LogP contribution is 2.21. The molecule has 0 aromatic rings. The maximum atomic E-state index is 11.8. The van der Waals surface area contributed by atoms with Gasteiger partial charge in [-0.25, -0.2) is 0 Å². The molecule has 96 valence electrons. The fourth-order valence-corrected chi connectivity index (χ4v) is 1.64. The second-order valence-corrected chi connectivity index (χ2v) is 4.11. The zero-order chi connectivity index (χ0) is 12.6. The third-order valence-corrected chi connectivity index (χ3v) is 2.28. The monoisotopic (exact) mass is 305 g/mol. The molecule has 7 heteroatoms. The smallest absolute Gasteiger partial charge is 0.383 e. The molecule has 0 fully saturated rings. The van der Waals surface area contributed by atoms with Crippen molar-refractivity contribution in [3.05, 3.63) is 0 Å². The number of amides is 1. The van der Waals surface area contributed by atoms with Crippen LogP contribution < -0.4 is 5.32 Å². The van der Waals surface area contributed by atoms with Gasteiger partial charge in [0.2, 0.25) is 5.91 Å². The van der Waals surface area contributed by atoms with Crippen molar-refractivity contribution in [3.63, 3.8) is 0 Å². The fourth-order valence-electron chi connectivity index (χ4n) is 1.09. The molecule has 0 rings (SSSR count). The zero-order valence-electron chi connectivity index (χ0n) is 8.94. The van der Waals surface area contributed by atoms with E-state index < -0.39 is 24.9 Å². The molecule has 0 aliphatic heterocycles. The Morgan fingerprint density at radius 2 is 2.12 bits per heavy atom. The maximum absolute atomic E-state index is 11.8. The van der Waals surface area contributed by atoms with Gasteiger partial charge >= 0.3 is 6.18 Å². The summed E-state index contributed by atoms with van der Waals surface area (Å²) in [6.45, 7) is 0.295. The third-order valence-electron chi connectivity index (χ3n) is 1.83. The van der Waals surface area contributed by atoms with E-state index in [9.17, 15) is 18.0 Å². The molecule has 0 spiro atoms. The molecule has 0 saturated carbocycles. The van der Waals surface area contributed by atoms with E-state index in [4.69, 9.17) is 4.74 Å². The van der Waals surface area contributed by atoms with Crippen molar-refractivity contribution in [3.8, 4) is 0 Å². The van der Waals surface area contributed by atoms with Gasteiger partial charge in [-0.1, -0.05) is 15.9 Å². The van der Waals surface area contributed by atoms with E-state index in [-0.39, 0.29) is 6.04 Å². The summed E-state index contributed by atoms with van der Waals surface area (Å²) in [5.74, 6) is -0.597. The maximum Gasteiger partial charge on any atom is 0.389 e. The van der Waals surface area contributed by atoms with E-state index in [0.29, 0.717) is 18.4 Å². The summed E-state index contributed by atoms with van der Waals surface area (Å²) in [7, 11) is 1.48. The summed E-state index contributed by atoms with van der Waals surface area (Å²) in [5, 5.41) is 3.15. The first-order chi connectivity index (χ1) is 7.39. The van der Waals surface area contributed by atoms with Crippen LogP contribution in [0.2, 0.25) is 0 Å². The topological polar surface area (TPSA) is 38.3 Å². The van der Waals surface area contributed by atoms with Crippen LogP contribution in [0, 0.1) is 0 Å². The van der Waals surface area contributed by atoms with Crippen LogP contribution in [0.25, 0.3) is 0 Å². The van der Waals surface area contributed by atoms with Gasteiger partial charge in [0.15, 0.2) is 0 Å². The summed E-state index contributed by atoms with van der Waals surface area (Å²) in [6.07, 6.45) is -5.30. The van der Waals surface area contributed by atoms with Crippen LogP contribution in [-0.4, -0.2) is 37.2 Å². The number of rotatable bonds is 7. The highest BCUT2D eigenvalue weighted by Gasteiger charge is 2.28. The number of hydrogen-bond acceptors (Lipinski definition) is 2. The molecule has 1 unspecified atom stereocenters. The zero-order valence-corrected chi connectivity index (χ0v) is 10.5. The predicted molar refractivity (Wildman–Crippen MR) is 57.5 cm³/mol. The van der Waals surface area contributed by atoms with Crippen molar-refractivity contribution in [2.45, 2.75) is 31.5 Å². The van der Waals surface area contributed by atoms with Gasteiger partial charge in [-0.2, -0.15) is 13.2 Å². The molecule has 0 aromatic carbocycles. The standard InChI is InChI=1S/C9H15BrF3NO2/c1-16-6-7(3-5-10)14-8(15)2-4-9(11,12)13/h7H,2-6H2,1H3,(H,14,15). The van der Waals surface area contributed by atoms with Crippen LogP contribution in [0.1, 0.15) is 19.3 Å². The molecule has 0 saturated heterocycles. The Balaban J connectivity index is 3.90. The van der Waals surface area contributed by atoms with Gasteiger partial charge in [0.05, 0.1) is 19.1 Å². The van der Waals surface area contributed by atoms with E-state index in [1.54, 1.807) is 0 Å². The van der Waals surface area contributed by atoms with Crippen molar-refractivity contribution in [1.29, 1.82) is 0 Å². The number of carbonyl (C=O) groups is 1. The highest BCUT2D eigenvalue weighted by atomic mass is 79.9. The van der Waals surface area contributed by atoms with Crippen LogP contribution in [0.5, 0.6) is 0 Å². The molecule has 0 heterocycles. The Labute approximate surface area is 101 Å². The van der Waals surface area contributed by atoms with E-state index in [2.05, 4.69) is 21.2 Å². The second kappa shape index (κ2) is 7.89. The Morgan fingerprint density at radius 3 is 2.56 bits per heavy atom. The first-order valence-corrected chi connectivity index (χ1v) is 5.92. The molecule has 0 aliphatic rings. The lowest BCUT2D eigenvalue weighted by atomic mass is 10.2. The lowest BCUT2D eigenvalue weighted by Crippen LogP contribution is -2.38. The molecule has 0 aliphatic carbocycles. The van der Waals surface area contributed by atoms with Crippen molar-refractivity contribution < 1.29 is 22.7 Å². The lowest BCUT2D eigenvalue weighted by Gasteiger charge is -2.17. The van der Waals surface area contributed by atoms with Gasteiger partial charge in [0.1, 0.15) is 0 Å². The summed E-state index contributed by atoms with van der Waals surface area (Å²) >= 11 is 3.19. The van der Waals surface area contributed by atoms with Gasteiger partial charge in [-0.3, -0.25) is 4.79 Å². The molecule has 1 amide bonds. The first-order valence-electron chi connectivity index (χ1n) is 4.80.